The van der Waals surface area contributed by atoms with Gasteiger partial charge in [-0.3, -0.25) is 4.90 Å². The number of amides is 1. The monoisotopic (exact) mass is 528 g/mol. The van der Waals surface area contributed by atoms with Gasteiger partial charge in [-0.15, -0.1) is 0 Å². The number of ether oxygens (including phenoxy) is 1. The molecule has 1 aromatic carbocycles. The molecule has 1 N–H and O–H groups in total. The van der Waals surface area contributed by atoms with E-state index in [1.807, 2.05) is 25.7 Å². The van der Waals surface area contributed by atoms with Crippen molar-refractivity contribution in [2.24, 2.45) is 0 Å². The molecule has 2 heterocycles. The van der Waals surface area contributed by atoms with Crippen molar-refractivity contribution in [3.8, 4) is 0 Å². The zero-order valence-electron chi connectivity index (χ0n) is 19.4. The van der Waals surface area contributed by atoms with Gasteiger partial charge in [0.15, 0.2) is 0 Å². The number of halogens is 1. The predicted octanol–water partition coefficient (Wildman–Crippen LogP) is 3.68. The second-order valence-corrected chi connectivity index (χ2v) is 10.6. The van der Waals surface area contributed by atoms with Gasteiger partial charge in [0.25, 0.3) is 0 Å². The Balaban J connectivity index is 1.73. The molecule has 0 aliphatic carbocycles. The van der Waals surface area contributed by atoms with Crippen LogP contribution in [0.25, 0.3) is 0 Å². The minimum Gasteiger partial charge on any atom is -0.444 e. The van der Waals surface area contributed by atoms with Gasteiger partial charge in [0.1, 0.15) is 5.60 Å². The fourth-order valence-electron chi connectivity index (χ4n) is 4.46. The van der Waals surface area contributed by atoms with Crippen LogP contribution in [-0.2, 0) is 11.3 Å². The van der Waals surface area contributed by atoms with Crippen LogP contribution in [-0.4, -0.2) is 73.9 Å². The maximum Gasteiger partial charge on any atom is 0.410 e. The molecule has 168 valence electrons. The van der Waals surface area contributed by atoms with Crippen LogP contribution < -0.4 is 10.2 Å². The molecule has 30 heavy (non-hydrogen) atoms. The molecule has 6 nitrogen and oxygen atoms in total. The van der Waals surface area contributed by atoms with Crippen molar-refractivity contribution in [1.82, 2.24) is 15.1 Å². The number of carbonyl (C=O) groups excluding carboxylic acids is 1. The molecule has 7 heteroatoms. The molecule has 0 radical (unpaired) electrons. The molecular formula is C23H37IN4O2. The van der Waals surface area contributed by atoms with Crippen LogP contribution >= 0.6 is 22.6 Å². The van der Waals surface area contributed by atoms with Crippen LogP contribution in [0.3, 0.4) is 0 Å². The first-order valence-corrected chi connectivity index (χ1v) is 12.1. The Morgan fingerprint density at radius 2 is 1.57 bits per heavy atom. The number of nitrogens with one attached hydrogen (secondary N) is 1. The van der Waals surface area contributed by atoms with Gasteiger partial charge in [0.05, 0.1) is 0 Å². The lowest BCUT2D eigenvalue weighted by Crippen LogP contribution is -2.49. The number of piperazine rings is 2. The summed E-state index contributed by atoms with van der Waals surface area (Å²) >= 11 is 2.52. The minimum atomic E-state index is -0.443. The molecule has 0 unspecified atom stereocenters. The van der Waals surface area contributed by atoms with Crippen LogP contribution in [0.5, 0.6) is 0 Å². The number of anilines is 1. The van der Waals surface area contributed by atoms with Crippen LogP contribution in [0.1, 0.15) is 43.0 Å². The molecule has 0 saturated carbocycles. The molecule has 3 rings (SSSR count). The van der Waals surface area contributed by atoms with Crippen molar-refractivity contribution < 1.29 is 9.53 Å². The first-order valence-electron chi connectivity index (χ1n) is 11.0. The summed E-state index contributed by atoms with van der Waals surface area (Å²) in [5.41, 5.74) is 6.66. The van der Waals surface area contributed by atoms with Gasteiger partial charge in [0.2, 0.25) is 0 Å². The zero-order chi connectivity index (χ0) is 22.1. The van der Waals surface area contributed by atoms with Crippen LogP contribution in [0.15, 0.2) is 0 Å². The third-order valence-corrected chi connectivity index (χ3v) is 7.73. The first kappa shape index (κ1) is 23.6. The van der Waals surface area contributed by atoms with Gasteiger partial charge < -0.3 is 19.9 Å². The van der Waals surface area contributed by atoms with E-state index in [1.54, 1.807) is 0 Å². The molecular weight excluding hydrogens is 491 g/mol. The molecule has 1 amide bonds. The van der Waals surface area contributed by atoms with Gasteiger partial charge in [-0.25, -0.2) is 4.79 Å². The third kappa shape index (κ3) is 5.40. The van der Waals surface area contributed by atoms with Gasteiger partial charge in [-0.1, -0.05) is 0 Å². The van der Waals surface area contributed by atoms with Gasteiger partial charge in [-0.05, 0) is 86.4 Å². The number of nitrogens with zero attached hydrogens (tertiary/aromatic N) is 3. The summed E-state index contributed by atoms with van der Waals surface area (Å²) in [6.45, 7) is 20.9. The van der Waals surface area contributed by atoms with Crippen LogP contribution in [0, 0.1) is 24.3 Å². The van der Waals surface area contributed by atoms with E-state index in [0.29, 0.717) is 0 Å². The summed E-state index contributed by atoms with van der Waals surface area (Å²) in [5, 5.41) is 3.46. The van der Waals surface area contributed by atoms with Gasteiger partial charge >= 0.3 is 6.09 Å². The predicted molar refractivity (Wildman–Crippen MR) is 132 cm³/mol. The molecule has 2 fully saturated rings. The number of rotatable bonds is 3. The second-order valence-electron chi connectivity index (χ2n) is 9.50. The van der Waals surface area contributed by atoms with E-state index in [1.165, 1.54) is 31.5 Å². The normalized spacial score (nSPS) is 18.6. The first-order chi connectivity index (χ1) is 14.1. The molecule has 2 aliphatic heterocycles. The van der Waals surface area contributed by atoms with E-state index >= 15 is 0 Å². The van der Waals surface area contributed by atoms with E-state index in [9.17, 15) is 4.79 Å². The van der Waals surface area contributed by atoms with E-state index in [-0.39, 0.29) is 6.09 Å². The lowest BCUT2D eigenvalue weighted by Gasteiger charge is -2.37. The Bertz CT molecular complexity index is 777. The summed E-state index contributed by atoms with van der Waals surface area (Å²) < 4.78 is 6.92. The van der Waals surface area contributed by atoms with Gasteiger partial charge in [0, 0.05) is 68.2 Å². The summed E-state index contributed by atoms with van der Waals surface area (Å²) in [4.78, 5) is 19.2. The van der Waals surface area contributed by atoms with E-state index in [0.717, 1.165) is 58.9 Å². The Kier molecular flexibility index (Phi) is 7.56. The van der Waals surface area contributed by atoms with Crippen molar-refractivity contribution >= 4 is 34.4 Å². The Morgan fingerprint density at radius 1 is 0.967 bits per heavy atom. The summed E-state index contributed by atoms with van der Waals surface area (Å²) in [6, 6.07) is 0. The maximum atomic E-state index is 12.4. The van der Waals surface area contributed by atoms with Crippen molar-refractivity contribution in [1.29, 1.82) is 0 Å². The van der Waals surface area contributed by atoms with Crippen molar-refractivity contribution in [3.05, 3.63) is 25.8 Å². The average molecular weight is 528 g/mol. The highest BCUT2D eigenvalue weighted by atomic mass is 127. The lowest BCUT2D eigenvalue weighted by atomic mass is 9.95. The summed E-state index contributed by atoms with van der Waals surface area (Å²) in [6.07, 6.45) is -0.194. The minimum absolute atomic E-state index is 0.194. The fourth-order valence-corrected chi connectivity index (χ4v) is 5.04. The van der Waals surface area contributed by atoms with Crippen LogP contribution in [0.4, 0.5) is 10.5 Å². The summed E-state index contributed by atoms with van der Waals surface area (Å²) in [5.74, 6) is 0. The van der Waals surface area contributed by atoms with Crippen molar-refractivity contribution in [2.75, 3.05) is 57.3 Å². The van der Waals surface area contributed by atoms with E-state index in [4.69, 9.17) is 4.74 Å². The third-order valence-electron chi connectivity index (χ3n) is 6.11. The Labute approximate surface area is 195 Å². The average Bonchev–Trinajstić information content (AvgIpc) is 2.70. The van der Waals surface area contributed by atoms with E-state index in [2.05, 4.69) is 58.5 Å². The topological polar surface area (TPSA) is 48.0 Å². The smallest absolute Gasteiger partial charge is 0.410 e. The standard InChI is InChI=1S/C23H37IN4O2/c1-16-19(15-26-11-13-28(14-12-26)22(29)30-23(4,5)6)17(2)21(18(3)20(16)24)27-9-7-25-8-10-27/h25H,7-15H2,1-6H3. The Hall–Kier alpha value is -1.06. The highest BCUT2D eigenvalue weighted by molar-refractivity contribution is 14.1. The molecule has 1 aromatic rings. The number of hydrogen-bond acceptors (Lipinski definition) is 5. The van der Waals surface area contributed by atoms with E-state index < -0.39 is 5.60 Å². The lowest BCUT2D eigenvalue weighted by molar-refractivity contribution is 0.0138. The number of hydrogen-bond donors (Lipinski definition) is 1. The molecule has 2 aliphatic rings. The van der Waals surface area contributed by atoms with Gasteiger partial charge in [-0.2, -0.15) is 0 Å². The number of carbonyl (C=O) groups is 1. The summed E-state index contributed by atoms with van der Waals surface area (Å²) in [7, 11) is 0. The second kappa shape index (κ2) is 9.61. The molecule has 0 atom stereocenters. The van der Waals surface area contributed by atoms with Crippen molar-refractivity contribution in [3.63, 3.8) is 0 Å². The largest absolute Gasteiger partial charge is 0.444 e. The SMILES string of the molecule is Cc1c(I)c(C)c(N2CCNCC2)c(C)c1CN1CCN(C(=O)OC(C)(C)C)CC1. The zero-order valence-corrected chi connectivity index (χ0v) is 21.6. The van der Waals surface area contributed by atoms with Crippen LogP contribution in [0.2, 0.25) is 0 Å². The molecule has 0 aromatic heterocycles. The molecule has 2 saturated heterocycles. The van der Waals surface area contributed by atoms with Crippen molar-refractivity contribution in [2.45, 2.75) is 53.7 Å². The molecule has 0 bridgehead atoms. The fraction of sp³-hybridized carbons (Fsp3) is 0.696. The molecule has 0 spiro atoms. The number of benzene rings is 1. The maximum absolute atomic E-state index is 12.4. The quantitative estimate of drug-likeness (QED) is 0.607. The Morgan fingerprint density at radius 3 is 2.13 bits per heavy atom. The highest BCUT2D eigenvalue weighted by Gasteiger charge is 2.27. The highest BCUT2D eigenvalue weighted by Crippen LogP contribution is 2.35.